The molecule has 2 aliphatic heterocycles. The smallest absolute Gasteiger partial charge is 0.480 e. The predicted octanol–water partition coefficient (Wildman–Crippen LogP) is 7.32. The molecule has 19 heteroatoms. The molecule has 0 unspecified atom stereocenters. The number of benzene rings is 3. The topological polar surface area (TPSA) is 160 Å². The number of sulfonamides is 1. The summed E-state index contributed by atoms with van der Waals surface area (Å²) >= 11 is 14.1. The van der Waals surface area contributed by atoms with Crippen LogP contribution in [0.15, 0.2) is 53.1 Å². The zero-order valence-corrected chi connectivity index (χ0v) is 34.5. The number of carbonyl (C=O) groups excluding carboxylic acids is 1. The van der Waals surface area contributed by atoms with E-state index in [1.54, 1.807) is 48.7 Å². The number of aliphatic hydroxyl groups is 1. The van der Waals surface area contributed by atoms with Crippen LogP contribution in [0.2, 0.25) is 10.0 Å². The number of methoxy groups -OCH3 is 1. The fraction of sp³-hybridized carbons (Fsp3) is 0.415. The second kappa shape index (κ2) is 15.7. The minimum atomic E-state index is -5.04. The maximum Gasteiger partial charge on any atom is 0.573 e. The molecule has 316 valence electrons. The van der Waals surface area contributed by atoms with E-state index in [1.807, 2.05) is 4.90 Å². The minimum Gasteiger partial charge on any atom is -0.480 e. The number of oxazole rings is 1. The molecule has 0 spiro atoms. The van der Waals surface area contributed by atoms with Gasteiger partial charge in [0.2, 0.25) is 27.7 Å². The molecule has 3 atom stereocenters. The van der Waals surface area contributed by atoms with E-state index in [-0.39, 0.29) is 47.1 Å². The summed E-state index contributed by atoms with van der Waals surface area (Å²) in [6.45, 7) is 2.42. The molecule has 1 amide bonds. The number of β-amino-alcohol motifs (C(OH)–C–C–N with tert-alkyl or cyclic N) is 1. The van der Waals surface area contributed by atoms with E-state index in [2.05, 4.69) is 24.3 Å². The molecule has 9 rings (SSSR count). The lowest BCUT2D eigenvalue weighted by molar-refractivity contribution is -0.274. The molecule has 0 radical (unpaired) electrons. The Morgan fingerprint density at radius 1 is 0.983 bits per heavy atom. The van der Waals surface area contributed by atoms with Gasteiger partial charge in [-0.25, -0.2) is 18.4 Å². The highest BCUT2D eigenvalue weighted by molar-refractivity contribution is 7.90. The molecule has 4 heterocycles. The van der Waals surface area contributed by atoms with Gasteiger partial charge in [-0.15, -0.1) is 13.2 Å². The molecule has 5 aromatic rings. The van der Waals surface area contributed by atoms with Gasteiger partial charge in [-0.2, -0.15) is 0 Å². The first kappa shape index (κ1) is 40.9. The molecule has 3 fully saturated rings. The van der Waals surface area contributed by atoms with Crippen LogP contribution in [0.1, 0.15) is 55.0 Å². The summed E-state index contributed by atoms with van der Waals surface area (Å²) in [4.78, 5) is 31.0. The molecule has 2 N–H and O–H groups in total. The summed E-state index contributed by atoms with van der Waals surface area (Å²) in [6, 6.07) is 11.8. The number of amides is 1. The third-order valence-electron chi connectivity index (χ3n) is 11.7. The number of rotatable bonds is 11. The van der Waals surface area contributed by atoms with Crippen molar-refractivity contribution >= 4 is 50.2 Å². The van der Waals surface area contributed by atoms with E-state index < -0.39 is 39.2 Å². The second-order valence-corrected chi connectivity index (χ2v) is 18.4. The number of ether oxygens (including phenoxy) is 2. The zero-order chi connectivity index (χ0) is 42.1. The maximum atomic E-state index is 14.0. The van der Waals surface area contributed by atoms with Gasteiger partial charge in [-0.3, -0.25) is 24.3 Å². The summed E-state index contributed by atoms with van der Waals surface area (Å²) in [7, 11) is -2.21. The Morgan fingerprint density at radius 3 is 2.38 bits per heavy atom. The molecule has 60 heavy (non-hydrogen) atoms. The van der Waals surface area contributed by atoms with E-state index in [0.717, 1.165) is 6.54 Å². The zero-order valence-electron chi connectivity index (χ0n) is 32.1. The number of nitrogens with zero attached hydrogens (tertiary/aromatic N) is 5. The van der Waals surface area contributed by atoms with Crippen LogP contribution in [0, 0.1) is 5.92 Å². The second-order valence-electron chi connectivity index (χ2n) is 15.7. The molecule has 0 bridgehead atoms. The van der Waals surface area contributed by atoms with Crippen LogP contribution in [0.25, 0.3) is 44.9 Å². The lowest BCUT2D eigenvalue weighted by Gasteiger charge is -2.25. The number of hydrogen-bond acceptors (Lipinski definition) is 12. The van der Waals surface area contributed by atoms with Crippen LogP contribution in [0.5, 0.6) is 11.6 Å². The number of fused-ring (bicyclic) bond motifs is 2. The Morgan fingerprint density at radius 2 is 1.70 bits per heavy atom. The van der Waals surface area contributed by atoms with Gasteiger partial charge in [0.1, 0.15) is 11.2 Å². The monoisotopic (exact) mass is 886 g/mol. The number of aromatic nitrogens is 3. The summed E-state index contributed by atoms with van der Waals surface area (Å²) in [5.41, 5.74) is 3.79. The average molecular weight is 888 g/mol. The van der Waals surface area contributed by atoms with Gasteiger partial charge in [-0.1, -0.05) is 53.5 Å². The number of halogens is 5. The Labute approximate surface area is 352 Å². The molecule has 2 aromatic heterocycles. The van der Waals surface area contributed by atoms with Crippen LogP contribution in [-0.2, 0) is 27.8 Å². The van der Waals surface area contributed by atoms with E-state index in [1.165, 1.54) is 7.11 Å². The third kappa shape index (κ3) is 7.91. The summed E-state index contributed by atoms with van der Waals surface area (Å²) in [6.07, 6.45) is -0.981. The van der Waals surface area contributed by atoms with Crippen LogP contribution < -0.4 is 14.2 Å². The Bertz CT molecular complexity index is 2630. The van der Waals surface area contributed by atoms with E-state index in [0.29, 0.717) is 107 Å². The van der Waals surface area contributed by atoms with Gasteiger partial charge in [0.25, 0.3) is 0 Å². The number of alkyl halides is 3. The summed E-state index contributed by atoms with van der Waals surface area (Å²) in [5.74, 6) is -1.35. The van der Waals surface area contributed by atoms with Crippen molar-refractivity contribution < 1.29 is 45.4 Å². The number of carbonyl (C=O) groups is 1. The Balaban J connectivity index is 1.02. The molecule has 4 aliphatic rings. The van der Waals surface area contributed by atoms with Crippen LogP contribution >= 0.6 is 23.2 Å². The van der Waals surface area contributed by atoms with Gasteiger partial charge in [-0.05, 0) is 62.8 Å². The Kier molecular flexibility index (Phi) is 10.7. The van der Waals surface area contributed by atoms with Gasteiger partial charge in [0, 0.05) is 54.5 Å². The number of likely N-dealkylation sites (tertiary alicyclic amines) is 2. The molecule has 1 saturated carbocycles. The first-order chi connectivity index (χ1) is 28.7. The van der Waals surface area contributed by atoms with Crippen molar-refractivity contribution in [1.82, 2.24) is 29.5 Å². The van der Waals surface area contributed by atoms with Crippen molar-refractivity contribution in [2.75, 3.05) is 33.3 Å². The largest absolute Gasteiger partial charge is 0.573 e. The van der Waals surface area contributed by atoms with Crippen molar-refractivity contribution in [3.8, 4) is 45.5 Å². The highest BCUT2D eigenvalue weighted by atomic mass is 35.5. The Hall–Kier alpha value is -4.52. The minimum absolute atomic E-state index is 0.0390. The van der Waals surface area contributed by atoms with E-state index >= 15 is 0 Å². The fourth-order valence-electron chi connectivity index (χ4n) is 8.58. The van der Waals surface area contributed by atoms with Crippen molar-refractivity contribution in [2.24, 2.45) is 5.92 Å². The highest BCUT2D eigenvalue weighted by Gasteiger charge is 2.43. The standard InChI is InChI=1S/C41H39Cl2F3N6O7S/c1-57-40-32(20-51-14-13-22(53)19-51)47-17-31(49-40)27-6-2-4-24(34(27)42)25-5-3-7-28(35(25)43)39-48-30-16-29-26(36(37(30)58-39)59-41(44,45)46)10-11-33(29)52-15-12-21(18-52)38(54)50-60(55,56)23-8-9-23/h2-7,16-17,21-23,33,53H,8-15,18-20H2,1H3,(H,50,54)/t21-,22-,33-/m1/s1. The molecule has 2 saturated heterocycles. The van der Waals surface area contributed by atoms with E-state index in [4.69, 9.17) is 37.3 Å². The predicted molar refractivity (Wildman–Crippen MR) is 216 cm³/mol. The van der Waals surface area contributed by atoms with Crippen molar-refractivity contribution in [3.05, 3.63) is 75.5 Å². The van der Waals surface area contributed by atoms with Gasteiger partial charge in [0.15, 0.2) is 11.3 Å². The summed E-state index contributed by atoms with van der Waals surface area (Å²) < 4.78 is 85.4. The highest BCUT2D eigenvalue weighted by Crippen LogP contribution is 2.49. The lowest BCUT2D eigenvalue weighted by atomic mass is 9.99. The quantitative estimate of drug-likeness (QED) is 0.136. The first-order valence-electron chi connectivity index (χ1n) is 19.6. The first-order valence-corrected chi connectivity index (χ1v) is 21.9. The lowest BCUT2D eigenvalue weighted by Crippen LogP contribution is -2.38. The van der Waals surface area contributed by atoms with Crippen molar-refractivity contribution in [2.45, 2.75) is 68.8 Å². The SMILES string of the molecule is COc1nc(-c2cccc(-c3cccc(-c4nc5cc6c(c(OC(F)(F)F)c5o4)CC[C@H]6N4CC[C@@H](C(=O)NS(=O)(=O)C5CC5)C4)c3Cl)c2Cl)cnc1CN1CC[C@@H](O)C1. The maximum absolute atomic E-state index is 14.0. The average Bonchev–Trinajstić information content (AvgIpc) is 3.47. The number of hydrogen-bond donors (Lipinski definition) is 2. The van der Waals surface area contributed by atoms with Gasteiger partial charge in [0.05, 0.1) is 51.9 Å². The van der Waals surface area contributed by atoms with Crippen LogP contribution in [0.4, 0.5) is 13.2 Å². The molecular weight excluding hydrogens is 848 g/mol. The van der Waals surface area contributed by atoms with Crippen molar-refractivity contribution in [1.29, 1.82) is 0 Å². The van der Waals surface area contributed by atoms with Gasteiger partial charge < -0.3 is 19.0 Å². The molecular formula is C41H39Cl2F3N6O7S. The third-order valence-corrected chi connectivity index (χ3v) is 14.3. The van der Waals surface area contributed by atoms with Gasteiger partial charge >= 0.3 is 6.36 Å². The number of nitrogens with one attached hydrogen (secondary N) is 1. The van der Waals surface area contributed by atoms with E-state index in [9.17, 15) is 31.5 Å². The molecule has 13 nitrogen and oxygen atoms in total. The normalized spacial score (nSPS) is 21.1. The van der Waals surface area contributed by atoms with Crippen molar-refractivity contribution in [3.63, 3.8) is 0 Å². The number of aliphatic hydroxyl groups excluding tert-OH is 1. The van der Waals surface area contributed by atoms with Crippen LogP contribution in [-0.4, -0.2) is 95.2 Å². The molecule has 2 aliphatic carbocycles. The summed E-state index contributed by atoms with van der Waals surface area (Å²) in [5, 5.41) is 9.91. The van der Waals surface area contributed by atoms with Crippen LogP contribution in [0.3, 0.4) is 0 Å². The fourth-order valence-corrected chi connectivity index (χ4v) is 10.6. The molecule has 3 aromatic carbocycles.